The predicted octanol–water partition coefficient (Wildman–Crippen LogP) is 2.88. The second-order valence-electron chi connectivity index (χ2n) is 3.87. The van der Waals surface area contributed by atoms with Crippen LogP contribution in [-0.4, -0.2) is 9.97 Å². The summed E-state index contributed by atoms with van der Waals surface area (Å²) in [5.74, 6) is 0. The van der Waals surface area contributed by atoms with Crippen LogP contribution in [0.4, 0.5) is 5.69 Å². The van der Waals surface area contributed by atoms with Gasteiger partial charge in [0.05, 0.1) is 0 Å². The molecule has 82 valence electrons. The van der Waals surface area contributed by atoms with Crippen LogP contribution in [0.3, 0.4) is 0 Å². The Morgan fingerprint density at radius 1 is 0.824 bits per heavy atom. The van der Waals surface area contributed by atoms with Crippen molar-refractivity contribution >= 4 is 16.5 Å². The molecule has 0 spiro atoms. The molecule has 2 N–H and O–H groups in total. The third kappa shape index (κ3) is 1.61. The Morgan fingerprint density at radius 2 is 1.65 bits per heavy atom. The van der Waals surface area contributed by atoms with Gasteiger partial charge in [-0.25, -0.2) is 0 Å². The summed E-state index contributed by atoms with van der Waals surface area (Å²) in [6.07, 6.45) is 7.15. The van der Waals surface area contributed by atoms with Gasteiger partial charge >= 0.3 is 0 Å². The molecule has 3 aromatic rings. The Bertz CT molecular complexity index is 672. The summed E-state index contributed by atoms with van der Waals surface area (Å²) in [5, 5.41) is 2.25. The third-order valence-electron chi connectivity index (χ3n) is 2.81. The summed E-state index contributed by atoms with van der Waals surface area (Å²) in [4.78, 5) is 8.37. The van der Waals surface area contributed by atoms with Gasteiger partial charge in [-0.2, -0.15) is 0 Å². The monoisotopic (exact) mass is 221 g/mol. The normalized spacial score (nSPS) is 10.6. The Morgan fingerprint density at radius 3 is 2.53 bits per heavy atom. The minimum atomic E-state index is 0.721. The zero-order valence-corrected chi connectivity index (χ0v) is 9.17. The van der Waals surface area contributed by atoms with E-state index in [1.54, 1.807) is 18.5 Å². The minimum Gasteiger partial charge on any atom is -0.398 e. The number of nitrogens with two attached hydrogens (primary N) is 1. The Hall–Kier alpha value is -2.42. The van der Waals surface area contributed by atoms with E-state index in [2.05, 4.69) is 16.0 Å². The molecule has 0 unspecified atom stereocenters. The van der Waals surface area contributed by atoms with Crippen LogP contribution in [0.1, 0.15) is 0 Å². The Balaban J connectivity index is 2.35. The molecule has 0 radical (unpaired) electrons. The predicted molar refractivity (Wildman–Crippen MR) is 69.4 cm³/mol. The Labute approximate surface area is 98.9 Å². The van der Waals surface area contributed by atoms with Gasteiger partial charge < -0.3 is 5.73 Å². The maximum atomic E-state index is 5.98. The van der Waals surface area contributed by atoms with E-state index in [1.165, 1.54) is 0 Å². The molecule has 0 bridgehead atoms. The molecular formula is C14H11N3. The van der Waals surface area contributed by atoms with Gasteiger partial charge in [0.2, 0.25) is 0 Å². The molecule has 0 aliphatic rings. The number of hydrogen-bond acceptors (Lipinski definition) is 3. The molecule has 3 heteroatoms. The lowest BCUT2D eigenvalue weighted by Gasteiger charge is -2.07. The summed E-state index contributed by atoms with van der Waals surface area (Å²) in [6.45, 7) is 0. The summed E-state index contributed by atoms with van der Waals surface area (Å²) in [7, 11) is 0. The highest BCUT2D eigenvalue weighted by Gasteiger charge is 2.06. The molecular weight excluding hydrogens is 210 g/mol. The second kappa shape index (κ2) is 3.87. The molecule has 1 aromatic carbocycles. The quantitative estimate of drug-likeness (QED) is 0.687. The topological polar surface area (TPSA) is 51.8 Å². The fraction of sp³-hybridized carbons (Fsp3) is 0. The zero-order valence-electron chi connectivity index (χ0n) is 9.17. The highest BCUT2D eigenvalue weighted by molar-refractivity contribution is 5.98. The third-order valence-corrected chi connectivity index (χ3v) is 2.81. The van der Waals surface area contributed by atoms with Crippen molar-refractivity contribution < 1.29 is 0 Å². The molecule has 3 nitrogen and oxygen atoms in total. The molecule has 0 fully saturated rings. The highest BCUT2D eigenvalue weighted by Crippen LogP contribution is 2.30. The van der Waals surface area contributed by atoms with E-state index in [-0.39, 0.29) is 0 Å². The largest absolute Gasteiger partial charge is 0.398 e. The Kier molecular flexibility index (Phi) is 2.22. The maximum absolute atomic E-state index is 5.98. The van der Waals surface area contributed by atoms with Gasteiger partial charge in [-0.3, -0.25) is 9.97 Å². The van der Waals surface area contributed by atoms with Gasteiger partial charge in [0.1, 0.15) is 0 Å². The van der Waals surface area contributed by atoms with E-state index in [9.17, 15) is 0 Å². The minimum absolute atomic E-state index is 0.721. The molecule has 0 atom stereocenters. The van der Waals surface area contributed by atoms with Crippen molar-refractivity contribution in [1.82, 2.24) is 9.97 Å². The van der Waals surface area contributed by atoms with Crippen LogP contribution in [0.25, 0.3) is 21.9 Å². The van der Waals surface area contributed by atoms with Crippen molar-refractivity contribution in [3.05, 3.63) is 55.1 Å². The summed E-state index contributed by atoms with van der Waals surface area (Å²) < 4.78 is 0. The zero-order chi connectivity index (χ0) is 11.7. The number of pyridine rings is 2. The van der Waals surface area contributed by atoms with E-state index >= 15 is 0 Å². The smallest absolute Gasteiger partial charge is 0.0425 e. The van der Waals surface area contributed by atoms with E-state index in [0.717, 1.165) is 27.6 Å². The second-order valence-corrected chi connectivity index (χ2v) is 3.87. The van der Waals surface area contributed by atoms with Gasteiger partial charge in [-0.05, 0) is 11.5 Å². The lowest BCUT2D eigenvalue weighted by molar-refractivity contribution is 1.32. The molecule has 2 heterocycles. The van der Waals surface area contributed by atoms with E-state index < -0.39 is 0 Å². The molecule has 0 aliphatic heterocycles. The van der Waals surface area contributed by atoms with Gasteiger partial charge in [0, 0.05) is 47.0 Å². The lowest BCUT2D eigenvalue weighted by Crippen LogP contribution is -1.92. The van der Waals surface area contributed by atoms with Crippen molar-refractivity contribution in [2.24, 2.45) is 0 Å². The average molecular weight is 221 g/mol. The van der Waals surface area contributed by atoms with Crippen LogP contribution < -0.4 is 5.73 Å². The standard InChI is InChI=1S/C14H11N3/c15-14-5-6-16-9-13(14)12-8-17-7-10-3-1-2-4-11(10)12/h1-9H,(H2,15,16). The molecule has 3 rings (SSSR count). The van der Waals surface area contributed by atoms with Crippen LogP contribution in [0.2, 0.25) is 0 Å². The van der Waals surface area contributed by atoms with Crippen molar-refractivity contribution in [3.8, 4) is 11.1 Å². The fourth-order valence-electron chi connectivity index (χ4n) is 1.96. The van der Waals surface area contributed by atoms with Gasteiger partial charge in [0.15, 0.2) is 0 Å². The SMILES string of the molecule is Nc1ccncc1-c1cncc2ccccc12. The number of aromatic nitrogens is 2. The first-order valence-corrected chi connectivity index (χ1v) is 5.39. The maximum Gasteiger partial charge on any atom is 0.0425 e. The first-order chi connectivity index (χ1) is 8.36. The van der Waals surface area contributed by atoms with Crippen molar-refractivity contribution in [1.29, 1.82) is 0 Å². The molecule has 0 aliphatic carbocycles. The number of nitrogens with zero attached hydrogens (tertiary/aromatic N) is 2. The molecule has 2 aromatic heterocycles. The van der Waals surface area contributed by atoms with Crippen molar-refractivity contribution in [2.75, 3.05) is 5.73 Å². The van der Waals surface area contributed by atoms with Crippen LogP contribution in [0, 0.1) is 0 Å². The first kappa shape index (κ1) is 9.78. The summed E-state index contributed by atoms with van der Waals surface area (Å²) in [6, 6.07) is 9.92. The summed E-state index contributed by atoms with van der Waals surface area (Å²) >= 11 is 0. The number of nitrogen functional groups attached to an aromatic ring is 1. The van der Waals surface area contributed by atoms with Crippen LogP contribution in [0.15, 0.2) is 55.1 Å². The van der Waals surface area contributed by atoms with E-state index in [0.29, 0.717) is 0 Å². The van der Waals surface area contributed by atoms with E-state index in [4.69, 9.17) is 5.73 Å². The molecule has 0 saturated carbocycles. The number of benzene rings is 1. The van der Waals surface area contributed by atoms with Crippen molar-refractivity contribution in [3.63, 3.8) is 0 Å². The van der Waals surface area contributed by atoms with Crippen LogP contribution in [-0.2, 0) is 0 Å². The van der Waals surface area contributed by atoms with Crippen molar-refractivity contribution in [2.45, 2.75) is 0 Å². The number of anilines is 1. The molecule has 17 heavy (non-hydrogen) atoms. The van der Waals surface area contributed by atoms with E-state index in [1.807, 2.05) is 30.6 Å². The number of hydrogen-bond donors (Lipinski definition) is 1. The highest BCUT2D eigenvalue weighted by atomic mass is 14.7. The van der Waals surface area contributed by atoms with Crippen LogP contribution in [0.5, 0.6) is 0 Å². The molecule has 0 amide bonds. The fourth-order valence-corrected chi connectivity index (χ4v) is 1.96. The molecule has 0 saturated heterocycles. The average Bonchev–Trinajstić information content (AvgIpc) is 2.39. The summed E-state index contributed by atoms with van der Waals surface area (Å²) in [5.41, 5.74) is 8.65. The van der Waals surface area contributed by atoms with Crippen LogP contribution >= 0.6 is 0 Å². The number of rotatable bonds is 1. The lowest BCUT2D eigenvalue weighted by atomic mass is 10.0. The first-order valence-electron chi connectivity index (χ1n) is 5.39. The van der Waals surface area contributed by atoms with Gasteiger partial charge in [-0.15, -0.1) is 0 Å². The van der Waals surface area contributed by atoms with Gasteiger partial charge in [0.25, 0.3) is 0 Å². The number of fused-ring (bicyclic) bond motifs is 1. The van der Waals surface area contributed by atoms with Gasteiger partial charge in [-0.1, -0.05) is 24.3 Å².